The molecule has 0 aliphatic carbocycles. The van der Waals surface area contributed by atoms with Gasteiger partial charge < -0.3 is 14.5 Å². The van der Waals surface area contributed by atoms with Crippen molar-refractivity contribution in [1.29, 1.82) is 0 Å². The Balaban J connectivity index is 1.53. The molecule has 4 rings (SSSR count). The minimum atomic E-state index is -0.320. The summed E-state index contributed by atoms with van der Waals surface area (Å²) in [6, 6.07) is 18.6. The van der Waals surface area contributed by atoms with E-state index >= 15 is 0 Å². The molecule has 0 saturated carbocycles. The summed E-state index contributed by atoms with van der Waals surface area (Å²) in [5.74, 6) is 0.480. The number of para-hydroxylation sites is 1. The van der Waals surface area contributed by atoms with E-state index in [2.05, 4.69) is 10.3 Å². The highest BCUT2D eigenvalue weighted by atomic mass is 19.1. The second-order valence-electron chi connectivity index (χ2n) is 6.28. The molecule has 1 aromatic heterocycles. The smallest absolute Gasteiger partial charge is 0.248 e. The number of halogens is 1. The first kappa shape index (κ1) is 18.4. The van der Waals surface area contributed by atoms with Gasteiger partial charge in [-0.1, -0.05) is 24.3 Å². The highest BCUT2D eigenvalue weighted by molar-refractivity contribution is 6.02. The summed E-state index contributed by atoms with van der Waals surface area (Å²) >= 11 is 0. The number of nitrogens with zero attached hydrogens (tertiary/aromatic N) is 1. The number of carbonyl (C=O) groups is 1. The minimum Gasteiger partial charge on any atom is -0.496 e. The lowest BCUT2D eigenvalue weighted by Gasteiger charge is -2.03. The summed E-state index contributed by atoms with van der Waals surface area (Å²) in [7, 11) is 1.59. The van der Waals surface area contributed by atoms with E-state index in [4.69, 9.17) is 9.15 Å². The van der Waals surface area contributed by atoms with Gasteiger partial charge in [-0.25, -0.2) is 9.37 Å². The molecule has 4 aromatic rings. The minimum absolute atomic E-state index is 0.307. The highest BCUT2D eigenvalue weighted by Gasteiger charge is 2.13. The molecule has 0 bridgehead atoms. The lowest BCUT2D eigenvalue weighted by atomic mass is 10.2. The number of benzene rings is 3. The van der Waals surface area contributed by atoms with E-state index in [9.17, 15) is 9.18 Å². The molecular weight excluding hydrogens is 371 g/mol. The molecule has 0 saturated heterocycles. The van der Waals surface area contributed by atoms with Crippen LogP contribution in [0.2, 0.25) is 0 Å². The standard InChI is InChI=1S/C23H17FN2O3/c1-28-20-5-3-2-4-18(20)23-26-19-12-11-17(14-21(19)29-23)25-22(27)13-8-15-6-9-16(24)10-7-15/h2-14H,1H3,(H,25,27)/b13-8+. The van der Waals surface area contributed by atoms with E-state index in [1.165, 1.54) is 18.2 Å². The molecule has 0 fully saturated rings. The van der Waals surface area contributed by atoms with Crippen LogP contribution in [0.1, 0.15) is 5.56 Å². The molecule has 5 nitrogen and oxygen atoms in total. The number of carbonyl (C=O) groups excluding carboxylic acids is 1. The van der Waals surface area contributed by atoms with Gasteiger partial charge in [-0.3, -0.25) is 4.79 Å². The first-order valence-electron chi connectivity index (χ1n) is 8.91. The Kier molecular flexibility index (Phi) is 5.07. The predicted octanol–water partition coefficient (Wildman–Crippen LogP) is 5.29. The number of nitrogens with one attached hydrogen (secondary N) is 1. The molecule has 0 radical (unpaired) electrons. The average Bonchev–Trinajstić information content (AvgIpc) is 3.16. The maximum Gasteiger partial charge on any atom is 0.248 e. The summed E-state index contributed by atoms with van der Waals surface area (Å²) in [6.45, 7) is 0. The lowest BCUT2D eigenvalue weighted by Crippen LogP contribution is -2.07. The first-order chi connectivity index (χ1) is 14.1. The third-order valence-corrected chi connectivity index (χ3v) is 4.29. The number of hydrogen-bond acceptors (Lipinski definition) is 4. The van der Waals surface area contributed by atoms with Gasteiger partial charge in [-0.2, -0.15) is 0 Å². The van der Waals surface area contributed by atoms with E-state index in [1.807, 2.05) is 24.3 Å². The molecule has 0 aliphatic rings. The van der Waals surface area contributed by atoms with E-state index in [-0.39, 0.29) is 11.7 Å². The fourth-order valence-electron chi connectivity index (χ4n) is 2.87. The summed E-state index contributed by atoms with van der Waals surface area (Å²) in [5.41, 5.74) is 3.28. The fourth-order valence-corrected chi connectivity index (χ4v) is 2.87. The third kappa shape index (κ3) is 4.16. The van der Waals surface area contributed by atoms with Crippen molar-refractivity contribution in [2.45, 2.75) is 0 Å². The quantitative estimate of drug-likeness (QED) is 0.472. The number of rotatable bonds is 5. The van der Waals surface area contributed by atoms with Gasteiger partial charge in [0.1, 0.15) is 17.1 Å². The largest absolute Gasteiger partial charge is 0.496 e. The molecule has 1 amide bonds. The Bertz CT molecular complexity index is 1200. The van der Waals surface area contributed by atoms with Crippen LogP contribution in [0, 0.1) is 5.82 Å². The van der Waals surface area contributed by atoms with Crippen LogP contribution in [0.4, 0.5) is 10.1 Å². The van der Waals surface area contributed by atoms with Gasteiger partial charge in [0.15, 0.2) is 5.58 Å². The lowest BCUT2D eigenvalue weighted by molar-refractivity contribution is -0.111. The van der Waals surface area contributed by atoms with Gasteiger partial charge in [0.2, 0.25) is 11.8 Å². The molecule has 29 heavy (non-hydrogen) atoms. The molecule has 0 aliphatic heterocycles. The fraction of sp³-hybridized carbons (Fsp3) is 0.0435. The van der Waals surface area contributed by atoms with Gasteiger partial charge >= 0.3 is 0 Å². The zero-order chi connectivity index (χ0) is 20.2. The van der Waals surface area contributed by atoms with E-state index < -0.39 is 0 Å². The predicted molar refractivity (Wildman–Crippen MR) is 110 cm³/mol. The Morgan fingerprint density at radius 1 is 1.10 bits per heavy atom. The summed E-state index contributed by atoms with van der Waals surface area (Å²) < 4.78 is 24.1. The van der Waals surface area contributed by atoms with Gasteiger partial charge in [0, 0.05) is 17.8 Å². The van der Waals surface area contributed by atoms with Crippen molar-refractivity contribution in [1.82, 2.24) is 4.98 Å². The maximum absolute atomic E-state index is 12.9. The van der Waals surface area contributed by atoms with Crippen molar-refractivity contribution in [3.8, 4) is 17.2 Å². The summed E-state index contributed by atoms with van der Waals surface area (Å²) in [5, 5.41) is 2.77. The van der Waals surface area contributed by atoms with E-state index in [1.54, 1.807) is 43.5 Å². The maximum atomic E-state index is 12.9. The number of methoxy groups -OCH3 is 1. The average molecular weight is 388 g/mol. The van der Waals surface area contributed by atoms with Crippen LogP contribution in [0.25, 0.3) is 28.6 Å². The van der Waals surface area contributed by atoms with Crippen LogP contribution in [-0.2, 0) is 4.79 Å². The molecule has 3 aromatic carbocycles. The van der Waals surface area contributed by atoms with Crippen molar-refractivity contribution in [3.63, 3.8) is 0 Å². The molecular formula is C23H17FN2O3. The van der Waals surface area contributed by atoms with E-state index in [0.29, 0.717) is 28.4 Å². The topological polar surface area (TPSA) is 64.4 Å². The number of anilines is 1. The zero-order valence-corrected chi connectivity index (χ0v) is 15.6. The van der Waals surface area contributed by atoms with E-state index in [0.717, 1.165) is 11.1 Å². The normalized spacial score (nSPS) is 11.1. The monoisotopic (exact) mass is 388 g/mol. The van der Waals surface area contributed by atoms with Crippen molar-refractivity contribution in [2.24, 2.45) is 0 Å². The van der Waals surface area contributed by atoms with Gasteiger partial charge in [-0.05, 0) is 48.0 Å². The van der Waals surface area contributed by atoms with Crippen LogP contribution in [-0.4, -0.2) is 18.0 Å². The second-order valence-corrected chi connectivity index (χ2v) is 6.28. The molecule has 0 atom stereocenters. The van der Waals surface area contributed by atoms with Crippen molar-refractivity contribution < 1.29 is 18.3 Å². The molecule has 0 spiro atoms. The highest BCUT2D eigenvalue weighted by Crippen LogP contribution is 2.32. The summed E-state index contributed by atoms with van der Waals surface area (Å²) in [6.07, 6.45) is 3.00. The number of aromatic nitrogens is 1. The number of hydrogen-bond donors (Lipinski definition) is 1. The van der Waals surface area contributed by atoms with Crippen LogP contribution in [0.3, 0.4) is 0 Å². The van der Waals surface area contributed by atoms with Gasteiger partial charge in [0.05, 0.1) is 12.7 Å². The van der Waals surface area contributed by atoms with Gasteiger partial charge in [-0.15, -0.1) is 0 Å². The van der Waals surface area contributed by atoms with Crippen LogP contribution in [0.5, 0.6) is 5.75 Å². The molecule has 1 N–H and O–H groups in total. The molecule has 1 heterocycles. The Labute approximate surface area is 166 Å². The van der Waals surface area contributed by atoms with Crippen LogP contribution in [0.15, 0.2) is 77.2 Å². The Morgan fingerprint density at radius 3 is 2.69 bits per heavy atom. The number of ether oxygens (including phenoxy) is 1. The third-order valence-electron chi connectivity index (χ3n) is 4.29. The van der Waals surface area contributed by atoms with Crippen molar-refractivity contribution in [2.75, 3.05) is 12.4 Å². The number of amides is 1. The number of fused-ring (bicyclic) bond motifs is 1. The summed E-state index contributed by atoms with van der Waals surface area (Å²) in [4.78, 5) is 16.7. The Morgan fingerprint density at radius 2 is 1.90 bits per heavy atom. The Hall–Kier alpha value is -3.93. The van der Waals surface area contributed by atoms with Gasteiger partial charge in [0.25, 0.3) is 0 Å². The molecule has 6 heteroatoms. The van der Waals surface area contributed by atoms with Crippen molar-refractivity contribution in [3.05, 3.63) is 84.2 Å². The van der Waals surface area contributed by atoms with Crippen LogP contribution >= 0.6 is 0 Å². The zero-order valence-electron chi connectivity index (χ0n) is 15.6. The SMILES string of the molecule is COc1ccccc1-c1nc2ccc(NC(=O)/C=C/c3ccc(F)cc3)cc2o1. The van der Waals surface area contributed by atoms with Crippen molar-refractivity contribution >= 4 is 28.8 Å². The molecule has 0 unspecified atom stereocenters. The molecule has 144 valence electrons. The van der Waals surface area contributed by atoms with Crippen LogP contribution < -0.4 is 10.1 Å². The second kappa shape index (κ2) is 7.98. The number of oxazole rings is 1. The first-order valence-corrected chi connectivity index (χ1v) is 8.91.